The Morgan fingerprint density at radius 1 is 1.28 bits per heavy atom. The monoisotopic (exact) mass is 266 g/mol. The molecule has 0 aliphatic heterocycles. The van der Waals surface area contributed by atoms with E-state index in [9.17, 15) is 9.59 Å². The van der Waals surface area contributed by atoms with E-state index >= 15 is 0 Å². The summed E-state index contributed by atoms with van der Waals surface area (Å²) in [6, 6.07) is 6.87. The van der Waals surface area contributed by atoms with E-state index in [-0.39, 0.29) is 18.4 Å². The molecular formula is C13H18N2O2S. The minimum atomic E-state index is -0.273. The molecule has 1 aromatic carbocycles. The quantitative estimate of drug-likeness (QED) is 0.707. The minimum Gasteiger partial charge on any atom is -0.354 e. The van der Waals surface area contributed by atoms with Crippen molar-refractivity contribution in [1.82, 2.24) is 10.6 Å². The van der Waals surface area contributed by atoms with Crippen LogP contribution < -0.4 is 10.6 Å². The molecule has 4 nitrogen and oxygen atoms in total. The number of nitrogens with one attached hydrogen (secondary N) is 2. The molecule has 0 saturated heterocycles. The maximum absolute atomic E-state index is 11.7. The number of hydrogen-bond acceptors (Lipinski definition) is 3. The third-order valence-electron chi connectivity index (χ3n) is 2.23. The predicted octanol–water partition coefficient (Wildman–Crippen LogP) is 1.48. The molecule has 18 heavy (non-hydrogen) atoms. The fourth-order valence-corrected chi connectivity index (χ4v) is 1.52. The van der Waals surface area contributed by atoms with E-state index in [0.717, 1.165) is 0 Å². The summed E-state index contributed by atoms with van der Waals surface area (Å²) >= 11 is 4.15. The smallest absolute Gasteiger partial charge is 0.251 e. The molecule has 0 heterocycles. The van der Waals surface area contributed by atoms with Gasteiger partial charge in [0.2, 0.25) is 5.91 Å². The first kappa shape index (κ1) is 14.6. The van der Waals surface area contributed by atoms with Crippen LogP contribution in [0.2, 0.25) is 0 Å². The van der Waals surface area contributed by atoms with E-state index in [0.29, 0.717) is 22.9 Å². The second kappa shape index (κ2) is 7.06. The van der Waals surface area contributed by atoms with Crippen molar-refractivity contribution >= 4 is 24.4 Å². The SMILES string of the molecule is CC(C)CNC(=O)CNC(=O)c1cccc(S)c1. The Balaban J connectivity index is 2.39. The van der Waals surface area contributed by atoms with E-state index in [1.807, 2.05) is 13.8 Å². The Morgan fingerprint density at radius 3 is 2.61 bits per heavy atom. The van der Waals surface area contributed by atoms with Crippen molar-refractivity contribution in [2.45, 2.75) is 18.7 Å². The van der Waals surface area contributed by atoms with Crippen LogP contribution in [0.3, 0.4) is 0 Å². The van der Waals surface area contributed by atoms with Gasteiger partial charge in [0.05, 0.1) is 6.54 Å². The van der Waals surface area contributed by atoms with Crippen molar-refractivity contribution in [2.75, 3.05) is 13.1 Å². The Morgan fingerprint density at radius 2 is 2.00 bits per heavy atom. The van der Waals surface area contributed by atoms with Crippen LogP contribution in [0.5, 0.6) is 0 Å². The molecule has 0 fully saturated rings. The summed E-state index contributed by atoms with van der Waals surface area (Å²) in [5.74, 6) is -0.0600. The highest BCUT2D eigenvalue weighted by molar-refractivity contribution is 7.80. The van der Waals surface area contributed by atoms with E-state index in [4.69, 9.17) is 0 Å². The lowest BCUT2D eigenvalue weighted by atomic mass is 10.2. The number of rotatable bonds is 5. The van der Waals surface area contributed by atoms with E-state index in [1.165, 1.54) is 0 Å². The molecule has 0 bridgehead atoms. The molecule has 5 heteroatoms. The van der Waals surface area contributed by atoms with Gasteiger partial charge in [-0.2, -0.15) is 0 Å². The number of benzene rings is 1. The van der Waals surface area contributed by atoms with Crippen molar-refractivity contribution in [3.05, 3.63) is 29.8 Å². The van der Waals surface area contributed by atoms with Crippen LogP contribution >= 0.6 is 12.6 Å². The van der Waals surface area contributed by atoms with E-state index in [2.05, 4.69) is 23.3 Å². The zero-order valence-corrected chi connectivity index (χ0v) is 11.5. The lowest BCUT2D eigenvalue weighted by Crippen LogP contribution is -2.38. The van der Waals surface area contributed by atoms with Crippen LogP contribution in [-0.2, 0) is 4.79 Å². The number of hydrogen-bond donors (Lipinski definition) is 3. The first-order valence-corrected chi connectivity index (χ1v) is 6.27. The maximum atomic E-state index is 11.7. The maximum Gasteiger partial charge on any atom is 0.251 e. The summed E-state index contributed by atoms with van der Waals surface area (Å²) in [4.78, 5) is 23.8. The van der Waals surface area contributed by atoms with E-state index < -0.39 is 0 Å². The molecular weight excluding hydrogens is 248 g/mol. The first-order valence-electron chi connectivity index (χ1n) is 5.83. The van der Waals surface area contributed by atoms with Crippen molar-refractivity contribution in [3.63, 3.8) is 0 Å². The van der Waals surface area contributed by atoms with Gasteiger partial charge < -0.3 is 10.6 Å². The van der Waals surface area contributed by atoms with Gasteiger partial charge in [-0.05, 0) is 24.1 Å². The average molecular weight is 266 g/mol. The van der Waals surface area contributed by atoms with Crippen LogP contribution in [0.4, 0.5) is 0 Å². The van der Waals surface area contributed by atoms with Crippen LogP contribution in [0.15, 0.2) is 29.2 Å². The highest BCUT2D eigenvalue weighted by atomic mass is 32.1. The number of thiol groups is 1. The fourth-order valence-electron chi connectivity index (χ4n) is 1.29. The molecule has 1 rings (SSSR count). The fraction of sp³-hybridized carbons (Fsp3) is 0.385. The molecule has 0 aromatic heterocycles. The van der Waals surface area contributed by atoms with Gasteiger partial charge in [0.1, 0.15) is 0 Å². The molecule has 0 aliphatic rings. The lowest BCUT2D eigenvalue weighted by Gasteiger charge is -2.08. The van der Waals surface area contributed by atoms with Crippen molar-refractivity contribution < 1.29 is 9.59 Å². The first-order chi connectivity index (χ1) is 8.49. The molecule has 2 N–H and O–H groups in total. The van der Waals surface area contributed by atoms with Gasteiger partial charge in [-0.15, -0.1) is 12.6 Å². The molecule has 0 radical (unpaired) electrons. The van der Waals surface area contributed by atoms with Crippen molar-refractivity contribution in [2.24, 2.45) is 5.92 Å². The van der Waals surface area contributed by atoms with E-state index in [1.54, 1.807) is 24.3 Å². The van der Waals surface area contributed by atoms with Crippen LogP contribution in [0.1, 0.15) is 24.2 Å². The van der Waals surface area contributed by atoms with Gasteiger partial charge in [0.25, 0.3) is 5.91 Å². The summed E-state index contributed by atoms with van der Waals surface area (Å²) in [6.45, 7) is 4.62. The molecule has 2 amide bonds. The molecule has 0 atom stereocenters. The van der Waals surface area contributed by atoms with Gasteiger partial charge >= 0.3 is 0 Å². The van der Waals surface area contributed by atoms with Gasteiger partial charge in [0, 0.05) is 17.0 Å². The molecule has 0 spiro atoms. The summed E-state index contributed by atoms with van der Waals surface area (Å²) in [5.41, 5.74) is 0.499. The molecule has 0 unspecified atom stereocenters. The zero-order chi connectivity index (χ0) is 13.5. The highest BCUT2D eigenvalue weighted by Gasteiger charge is 2.08. The molecule has 1 aromatic rings. The molecule has 98 valence electrons. The topological polar surface area (TPSA) is 58.2 Å². The predicted molar refractivity (Wildman–Crippen MR) is 73.9 cm³/mol. The second-order valence-corrected chi connectivity index (χ2v) is 4.95. The largest absolute Gasteiger partial charge is 0.354 e. The van der Waals surface area contributed by atoms with Gasteiger partial charge in [-0.1, -0.05) is 19.9 Å². The summed E-state index contributed by atoms with van der Waals surface area (Å²) in [7, 11) is 0. The average Bonchev–Trinajstić information content (AvgIpc) is 2.33. The van der Waals surface area contributed by atoms with Gasteiger partial charge in [-0.3, -0.25) is 9.59 Å². The standard InChI is InChI=1S/C13H18N2O2S/c1-9(2)7-14-12(16)8-15-13(17)10-4-3-5-11(18)6-10/h3-6,9,18H,7-8H2,1-2H3,(H,14,16)(H,15,17). The van der Waals surface area contributed by atoms with Gasteiger partial charge in [-0.25, -0.2) is 0 Å². The number of carbonyl (C=O) groups is 2. The third kappa shape index (κ3) is 5.23. The zero-order valence-electron chi connectivity index (χ0n) is 10.6. The lowest BCUT2D eigenvalue weighted by molar-refractivity contribution is -0.120. The summed E-state index contributed by atoms with van der Waals surface area (Å²) in [6.07, 6.45) is 0. The third-order valence-corrected chi connectivity index (χ3v) is 2.50. The molecule has 0 aliphatic carbocycles. The normalized spacial score (nSPS) is 10.2. The van der Waals surface area contributed by atoms with Crippen LogP contribution in [0.25, 0.3) is 0 Å². The van der Waals surface area contributed by atoms with Crippen molar-refractivity contribution in [1.29, 1.82) is 0 Å². The Labute approximate surface area is 113 Å². The number of amides is 2. The Kier molecular flexibility index (Phi) is 5.71. The highest BCUT2D eigenvalue weighted by Crippen LogP contribution is 2.08. The van der Waals surface area contributed by atoms with Crippen molar-refractivity contribution in [3.8, 4) is 0 Å². The van der Waals surface area contributed by atoms with Crippen LogP contribution in [-0.4, -0.2) is 24.9 Å². The summed E-state index contributed by atoms with van der Waals surface area (Å²) in [5, 5.41) is 5.30. The second-order valence-electron chi connectivity index (χ2n) is 4.43. The summed E-state index contributed by atoms with van der Waals surface area (Å²) < 4.78 is 0. The van der Waals surface area contributed by atoms with Crippen LogP contribution in [0, 0.1) is 5.92 Å². The molecule has 0 saturated carbocycles. The van der Waals surface area contributed by atoms with Gasteiger partial charge in [0.15, 0.2) is 0 Å². The number of carbonyl (C=O) groups excluding carboxylic acids is 2. The Hall–Kier alpha value is -1.49. The Bertz CT molecular complexity index is 433. The minimum absolute atomic E-state index is 0.0116.